The molecule has 1 aromatic carbocycles. The van der Waals surface area contributed by atoms with Crippen molar-refractivity contribution in [2.24, 2.45) is 0 Å². The normalized spacial score (nSPS) is 15.8. The molecule has 1 amide bonds. The summed E-state index contributed by atoms with van der Waals surface area (Å²) in [6.45, 7) is 3.10. The first-order valence-electron chi connectivity index (χ1n) is 5.63. The van der Waals surface area contributed by atoms with E-state index in [1.54, 1.807) is 11.0 Å². The third-order valence-electron chi connectivity index (χ3n) is 2.79. The predicted molar refractivity (Wildman–Crippen MR) is 74.7 cm³/mol. The SMILES string of the molecule is Cl.O=C(c1cc(F)ccc1Br)N1CCCNCC1. The van der Waals surface area contributed by atoms with E-state index >= 15 is 0 Å². The van der Waals surface area contributed by atoms with Gasteiger partial charge in [0.15, 0.2) is 0 Å². The summed E-state index contributed by atoms with van der Waals surface area (Å²) in [6.07, 6.45) is 0.929. The lowest BCUT2D eigenvalue weighted by Crippen LogP contribution is -2.34. The molecule has 1 heterocycles. The van der Waals surface area contributed by atoms with Crippen LogP contribution < -0.4 is 5.32 Å². The number of rotatable bonds is 1. The van der Waals surface area contributed by atoms with Gasteiger partial charge in [0.2, 0.25) is 0 Å². The fraction of sp³-hybridized carbons (Fsp3) is 0.417. The Balaban J connectivity index is 0.00000162. The van der Waals surface area contributed by atoms with Crippen LogP contribution in [-0.2, 0) is 0 Å². The molecule has 3 nitrogen and oxygen atoms in total. The maximum absolute atomic E-state index is 13.2. The molecule has 1 saturated heterocycles. The summed E-state index contributed by atoms with van der Waals surface area (Å²) in [5.41, 5.74) is 0.395. The lowest BCUT2D eigenvalue weighted by atomic mass is 10.2. The van der Waals surface area contributed by atoms with Crippen molar-refractivity contribution in [1.82, 2.24) is 10.2 Å². The van der Waals surface area contributed by atoms with Gasteiger partial charge in [-0.1, -0.05) is 0 Å². The predicted octanol–water partition coefficient (Wildman–Crippen LogP) is 2.45. The highest BCUT2D eigenvalue weighted by molar-refractivity contribution is 9.10. The number of amides is 1. The highest BCUT2D eigenvalue weighted by Crippen LogP contribution is 2.20. The van der Waals surface area contributed by atoms with Crippen molar-refractivity contribution in [3.05, 3.63) is 34.1 Å². The number of carbonyl (C=O) groups is 1. The number of nitrogens with zero attached hydrogens (tertiary/aromatic N) is 1. The number of hydrogen-bond donors (Lipinski definition) is 1. The molecule has 0 aliphatic carbocycles. The van der Waals surface area contributed by atoms with Crippen molar-refractivity contribution in [1.29, 1.82) is 0 Å². The van der Waals surface area contributed by atoms with E-state index in [4.69, 9.17) is 0 Å². The smallest absolute Gasteiger partial charge is 0.255 e. The molecule has 1 fully saturated rings. The van der Waals surface area contributed by atoms with E-state index in [1.807, 2.05) is 0 Å². The van der Waals surface area contributed by atoms with E-state index in [0.29, 0.717) is 16.6 Å². The summed E-state index contributed by atoms with van der Waals surface area (Å²) in [7, 11) is 0. The van der Waals surface area contributed by atoms with E-state index in [1.165, 1.54) is 12.1 Å². The zero-order valence-corrected chi connectivity index (χ0v) is 12.2. The van der Waals surface area contributed by atoms with Gasteiger partial charge in [-0.05, 0) is 47.1 Å². The Hall–Kier alpha value is -0.650. The fourth-order valence-corrected chi connectivity index (χ4v) is 2.30. The second-order valence-corrected chi connectivity index (χ2v) is 4.87. The van der Waals surface area contributed by atoms with Crippen LogP contribution >= 0.6 is 28.3 Å². The first-order valence-corrected chi connectivity index (χ1v) is 6.43. The third kappa shape index (κ3) is 3.67. The van der Waals surface area contributed by atoms with Crippen molar-refractivity contribution in [3.63, 3.8) is 0 Å². The Morgan fingerprint density at radius 1 is 1.33 bits per heavy atom. The molecule has 6 heteroatoms. The molecule has 1 aliphatic heterocycles. The number of nitrogens with one attached hydrogen (secondary N) is 1. The molecule has 0 radical (unpaired) electrons. The average molecular weight is 338 g/mol. The number of benzene rings is 1. The second kappa shape index (κ2) is 7.07. The van der Waals surface area contributed by atoms with Gasteiger partial charge in [-0.25, -0.2) is 4.39 Å². The molecule has 18 heavy (non-hydrogen) atoms. The van der Waals surface area contributed by atoms with Gasteiger partial charge in [-0.3, -0.25) is 4.79 Å². The Morgan fingerprint density at radius 3 is 2.89 bits per heavy atom. The van der Waals surface area contributed by atoms with E-state index in [2.05, 4.69) is 21.2 Å². The summed E-state index contributed by atoms with van der Waals surface area (Å²) in [5.74, 6) is -0.496. The van der Waals surface area contributed by atoms with Crippen molar-refractivity contribution in [2.75, 3.05) is 26.2 Å². The van der Waals surface area contributed by atoms with Gasteiger partial charge in [0.1, 0.15) is 5.82 Å². The zero-order chi connectivity index (χ0) is 12.3. The van der Waals surface area contributed by atoms with Crippen LogP contribution in [-0.4, -0.2) is 37.0 Å². The molecule has 100 valence electrons. The summed E-state index contributed by atoms with van der Waals surface area (Å²) in [6, 6.07) is 4.19. The van der Waals surface area contributed by atoms with Crippen LogP contribution in [0.15, 0.2) is 22.7 Å². The van der Waals surface area contributed by atoms with E-state index in [-0.39, 0.29) is 24.1 Å². The monoisotopic (exact) mass is 336 g/mol. The molecular formula is C12H15BrClFN2O. The largest absolute Gasteiger partial charge is 0.337 e. The fourth-order valence-electron chi connectivity index (χ4n) is 1.88. The van der Waals surface area contributed by atoms with Crippen LogP contribution in [0.3, 0.4) is 0 Å². The Morgan fingerprint density at radius 2 is 2.11 bits per heavy atom. The van der Waals surface area contributed by atoms with Gasteiger partial charge in [-0.2, -0.15) is 0 Å². The van der Waals surface area contributed by atoms with E-state index < -0.39 is 0 Å². The molecular weight excluding hydrogens is 323 g/mol. The molecule has 0 atom stereocenters. The summed E-state index contributed by atoms with van der Waals surface area (Å²) >= 11 is 3.29. The van der Waals surface area contributed by atoms with Gasteiger partial charge in [-0.15, -0.1) is 12.4 Å². The zero-order valence-electron chi connectivity index (χ0n) is 9.79. The van der Waals surface area contributed by atoms with Crippen LogP contribution in [0, 0.1) is 5.82 Å². The lowest BCUT2D eigenvalue weighted by molar-refractivity contribution is 0.0765. The topological polar surface area (TPSA) is 32.3 Å². The highest BCUT2D eigenvalue weighted by Gasteiger charge is 2.19. The molecule has 1 N–H and O–H groups in total. The Labute approximate surface area is 120 Å². The van der Waals surface area contributed by atoms with E-state index in [0.717, 1.165) is 26.1 Å². The Kier molecular flexibility index (Phi) is 6.05. The average Bonchev–Trinajstić information content (AvgIpc) is 2.60. The van der Waals surface area contributed by atoms with Crippen molar-refractivity contribution < 1.29 is 9.18 Å². The molecule has 0 saturated carbocycles. The molecule has 2 rings (SSSR count). The van der Waals surface area contributed by atoms with Crippen LogP contribution in [0.4, 0.5) is 4.39 Å². The lowest BCUT2D eigenvalue weighted by Gasteiger charge is -2.20. The first kappa shape index (κ1) is 15.4. The van der Waals surface area contributed by atoms with E-state index in [9.17, 15) is 9.18 Å². The molecule has 0 aromatic heterocycles. The third-order valence-corrected chi connectivity index (χ3v) is 3.48. The van der Waals surface area contributed by atoms with Crippen LogP contribution in [0.25, 0.3) is 0 Å². The van der Waals surface area contributed by atoms with Crippen LogP contribution in [0.5, 0.6) is 0 Å². The van der Waals surface area contributed by atoms with Gasteiger partial charge < -0.3 is 10.2 Å². The van der Waals surface area contributed by atoms with Gasteiger partial charge in [0, 0.05) is 24.1 Å². The minimum atomic E-state index is -0.385. The molecule has 1 aliphatic rings. The minimum absolute atomic E-state index is 0. The van der Waals surface area contributed by atoms with Gasteiger partial charge in [0.05, 0.1) is 5.56 Å². The van der Waals surface area contributed by atoms with Gasteiger partial charge >= 0.3 is 0 Å². The summed E-state index contributed by atoms with van der Waals surface area (Å²) in [5, 5.41) is 3.23. The van der Waals surface area contributed by atoms with Crippen molar-refractivity contribution in [2.45, 2.75) is 6.42 Å². The molecule has 1 aromatic rings. The van der Waals surface area contributed by atoms with Crippen molar-refractivity contribution in [3.8, 4) is 0 Å². The van der Waals surface area contributed by atoms with Crippen LogP contribution in [0.2, 0.25) is 0 Å². The molecule has 0 unspecified atom stereocenters. The highest BCUT2D eigenvalue weighted by atomic mass is 79.9. The number of halogens is 3. The Bertz CT molecular complexity index is 423. The van der Waals surface area contributed by atoms with Gasteiger partial charge in [0.25, 0.3) is 5.91 Å². The number of carbonyl (C=O) groups excluding carboxylic acids is 1. The molecule has 0 bridgehead atoms. The maximum atomic E-state index is 13.2. The standard InChI is InChI=1S/C12H14BrFN2O.ClH/c13-11-3-2-9(14)8-10(11)12(17)16-6-1-4-15-5-7-16;/h2-3,8,15H,1,4-7H2;1H. The minimum Gasteiger partial charge on any atom is -0.337 e. The van der Waals surface area contributed by atoms with Crippen LogP contribution in [0.1, 0.15) is 16.8 Å². The second-order valence-electron chi connectivity index (χ2n) is 4.02. The first-order chi connectivity index (χ1) is 8.18. The summed E-state index contributed by atoms with van der Waals surface area (Å²) in [4.78, 5) is 14.0. The quantitative estimate of drug-likeness (QED) is 0.854. The molecule has 0 spiro atoms. The van der Waals surface area contributed by atoms with Crippen molar-refractivity contribution >= 4 is 34.2 Å². The maximum Gasteiger partial charge on any atom is 0.255 e. The summed E-state index contributed by atoms with van der Waals surface area (Å²) < 4.78 is 13.8. The number of hydrogen-bond acceptors (Lipinski definition) is 2.